The van der Waals surface area contributed by atoms with E-state index >= 15 is 0 Å². The molecule has 0 N–H and O–H groups in total. The lowest BCUT2D eigenvalue weighted by molar-refractivity contribution is 0.221. The molecule has 84 valence electrons. The van der Waals surface area contributed by atoms with Crippen LogP contribution in [-0.2, 0) is 6.54 Å². The molecule has 0 unspecified atom stereocenters. The third-order valence-corrected chi connectivity index (χ3v) is 3.01. The predicted molar refractivity (Wildman–Crippen MR) is 60.2 cm³/mol. The zero-order valence-electron chi connectivity index (χ0n) is 9.25. The van der Waals surface area contributed by atoms with E-state index in [2.05, 4.69) is 4.90 Å². The van der Waals surface area contributed by atoms with Gasteiger partial charge in [-0.2, -0.15) is 5.26 Å². The average molecular weight is 218 g/mol. The third-order valence-electron chi connectivity index (χ3n) is 3.01. The Hall–Kier alpha value is -1.40. The van der Waals surface area contributed by atoms with Crippen LogP contribution < -0.4 is 0 Å². The molecule has 0 bridgehead atoms. The largest absolute Gasteiger partial charge is 0.299 e. The molecule has 0 saturated carbocycles. The molecule has 1 fully saturated rings. The van der Waals surface area contributed by atoms with E-state index in [4.69, 9.17) is 5.26 Å². The van der Waals surface area contributed by atoms with Gasteiger partial charge in [-0.3, -0.25) is 4.90 Å². The number of halogens is 1. The molecule has 0 aliphatic carbocycles. The second kappa shape index (κ2) is 5.09. The first kappa shape index (κ1) is 11.1. The van der Waals surface area contributed by atoms with Gasteiger partial charge in [0.05, 0.1) is 5.56 Å². The Morgan fingerprint density at radius 1 is 1.25 bits per heavy atom. The summed E-state index contributed by atoms with van der Waals surface area (Å²) in [7, 11) is 0. The fourth-order valence-corrected chi connectivity index (χ4v) is 2.13. The lowest BCUT2D eigenvalue weighted by Gasteiger charge is -2.26. The molecule has 1 aliphatic rings. The number of likely N-dealkylation sites (tertiary alicyclic amines) is 1. The van der Waals surface area contributed by atoms with E-state index in [1.807, 2.05) is 6.07 Å². The maximum absolute atomic E-state index is 13.1. The number of hydrogen-bond acceptors (Lipinski definition) is 2. The fourth-order valence-electron chi connectivity index (χ4n) is 2.13. The van der Waals surface area contributed by atoms with Crippen LogP contribution in [0.2, 0.25) is 0 Å². The van der Waals surface area contributed by atoms with Crippen molar-refractivity contribution in [2.24, 2.45) is 0 Å². The molecule has 0 atom stereocenters. The van der Waals surface area contributed by atoms with Crippen LogP contribution in [0.5, 0.6) is 0 Å². The van der Waals surface area contributed by atoms with E-state index in [0.29, 0.717) is 0 Å². The van der Waals surface area contributed by atoms with Crippen LogP contribution in [0.15, 0.2) is 18.2 Å². The minimum Gasteiger partial charge on any atom is -0.299 e. The second-order valence-corrected chi connectivity index (χ2v) is 4.26. The molecule has 16 heavy (non-hydrogen) atoms. The fraction of sp³-hybridized carbons (Fsp3) is 0.462. The summed E-state index contributed by atoms with van der Waals surface area (Å²) in [6.07, 6.45) is 3.79. The molecule has 0 aromatic heterocycles. The van der Waals surface area contributed by atoms with Gasteiger partial charge >= 0.3 is 0 Å². The zero-order chi connectivity index (χ0) is 11.4. The molecule has 1 saturated heterocycles. The summed E-state index contributed by atoms with van der Waals surface area (Å²) in [6.45, 7) is 3.05. The maximum Gasteiger partial charge on any atom is 0.140 e. The van der Waals surface area contributed by atoms with E-state index in [0.717, 1.165) is 25.2 Å². The highest BCUT2D eigenvalue weighted by Crippen LogP contribution is 2.15. The zero-order valence-corrected chi connectivity index (χ0v) is 9.25. The molecule has 2 nitrogen and oxygen atoms in total. The van der Waals surface area contributed by atoms with Gasteiger partial charge in [0.2, 0.25) is 0 Å². The van der Waals surface area contributed by atoms with Crippen molar-refractivity contribution < 1.29 is 4.39 Å². The van der Waals surface area contributed by atoms with Gasteiger partial charge in [-0.15, -0.1) is 0 Å². The van der Waals surface area contributed by atoms with Gasteiger partial charge in [-0.1, -0.05) is 12.5 Å². The molecule has 1 aliphatic heterocycles. The van der Waals surface area contributed by atoms with Gasteiger partial charge in [0, 0.05) is 6.54 Å². The lowest BCUT2D eigenvalue weighted by Crippen LogP contribution is -2.29. The number of piperidine rings is 1. The molecule has 0 radical (unpaired) electrons. The Bertz CT molecular complexity index is 403. The minimum atomic E-state index is -0.426. The van der Waals surface area contributed by atoms with Crippen molar-refractivity contribution in [1.82, 2.24) is 4.90 Å². The Balaban J connectivity index is 2.06. The van der Waals surface area contributed by atoms with Crippen molar-refractivity contribution in [2.75, 3.05) is 13.1 Å². The second-order valence-electron chi connectivity index (χ2n) is 4.26. The number of nitriles is 1. The van der Waals surface area contributed by atoms with Crippen LogP contribution in [0.1, 0.15) is 30.4 Å². The number of nitrogens with zero attached hydrogens (tertiary/aromatic N) is 2. The van der Waals surface area contributed by atoms with Crippen molar-refractivity contribution in [2.45, 2.75) is 25.8 Å². The first-order valence-corrected chi connectivity index (χ1v) is 5.70. The molecular weight excluding hydrogens is 203 g/mol. The van der Waals surface area contributed by atoms with Gasteiger partial charge in [-0.25, -0.2) is 4.39 Å². The number of benzene rings is 1. The average Bonchev–Trinajstić information content (AvgIpc) is 2.33. The topological polar surface area (TPSA) is 27.0 Å². The summed E-state index contributed by atoms with van der Waals surface area (Å²) < 4.78 is 13.1. The van der Waals surface area contributed by atoms with Crippen molar-refractivity contribution in [3.63, 3.8) is 0 Å². The summed E-state index contributed by atoms with van der Waals surface area (Å²) in [5, 5.41) is 8.75. The highest BCUT2D eigenvalue weighted by atomic mass is 19.1. The van der Waals surface area contributed by atoms with Crippen molar-refractivity contribution in [3.05, 3.63) is 35.1 Å². The van der Waals surface area contributed by atoms with E-state index < -0.39 is 5.82 Å². The van der Waals surface area contributed by atoms with Gasteiger partial charge in [0.1, 0.15) is 11.9 Å². The van der Waals surface area contributed by atoms with Crippen LogP contribution in [0.4, 0.5) is 4.39 Å². The molecular formula is C13H15FN2. The normalized spacial score (nSPS) is 17.0. The number of rotatable bonds is 2. The maximum atomic E-state index is 13.1. The van der Waals surface area contributed by atoms with E-state index in [9.17, 15) is 4.39 Å². The van der Waals surface area contributed by atoms with Crippen LogP contribution in [0.25, 0.3) is 0 Å². The van der Waals surface area contributed by atoms with Crippen molar-refractivity contribution in [1.29, 1.82) is 5.26 Å². The summed E-state index contributed by atoms with van der Waals surface area (Å²) in [6, 6.07) is 6.69. The molecule has 1 aromatic rings. The van der Waals surface area contributed by atoms with Crippen molar-refractivity contribution in [3.8, 4) is 6.07 Å². The van der Waals surface area contributed by atoms with Crippen molar-refractivity contribution >= 4 is 0 Å². The highest BCUT2D eigenvalue weighted by Gasteiger charge is 2.11. The minimum absolute atomic E-state index is 0.148. The van der Waals surface area contributed by atoms with Gasteiger partial charge in [-0.05, 0) is 43.6 Å². The highest BCUT2D eigenvalue weighted by molar-refractivity contribution is 5.34. The summed E-state index contributed by atoms with van der Waals surface area (Å²) in [5.74, 6) is -0.426. The standard InChI is InChI=1S/C13H15FN2/c14-13-5-4-11(8-12(13)9-15)10-16-6-2-1-3-7-16/h4-5,8H,1-3,6-7,10H2. The molecule has 0 spiro atoms. The van der Waals surface area contributed by atoms with Gasteiger partial charge in [0.15, 0.2) is 0 Å². The third kappa shape index (κ3) is 2.59. The molecule has 1 aromatic carbocycles. The quantitative estimate of drug-likeness (QED) is 0.763. The van der Waals surface area contributed by atoms with E-state index in [1.54, 1.807) is 12.1 Å². The predicted octanol–water partition coefficient (Wildman–Crippen LogP) is 2.68. The summed E-state index contributed by atoms with van der Waals surface area (Å²) in [5.41, 5.74) is 1.18. The van der Waals surface area contributed by atoms with Gasteiger partial charge in [0.25, 0.3) is 0 Å². The Morgan fingerprint density at radius 2 is 2.00 bits per heavy atom. The van der Waals surface area contributed by atoms with Crippen LogP contribution >= 0.6 is 0 Å². The smallest absolute Gasteiger partial charge is 0.140 e. The SMILES string of the molecule is N#Cc1cc(CN2CCCCC2)ccc1F. The monoisotopic (exact) mass is 218 g/mol. The molecule has 1 heterocycles. The Labute approximate surface area is 95.3 Å². The van der Waals surface area contributed by atoms with E-state index in [1.165, 1.54) is 25.3 Å². The van der Waals surface area contributed by atoms with Crippen LogP contribution in [-0.4, -0.2) is 18.0 Å². The van der Waals surface area contributed by atoms with Gasteiger partial charge < -0.3 is 0 Å². The first-order valence-electron chi connectivity index (χ1n) is 5.70. The van der Waals surface area contributed by atoms with E-state index in [-0.39, 0.29) is 5.56 Å². The summed E-state index contributed by atoms with van der Waals surface area (Å²) >= 11 is 0. The molecule has 2 rings (SSSR count). The first-order chi connectivity index (χ1) is 7.79. The number of hydrogen-bond donors (Lipinski definition) is 0. The summed E-state index contributed by atoms with van der Waals surface area (Å²) in [4.78, 5) is 2.36. The van der Waals surface area contributed by atoms with Crippen LogP contribution in [0, 0.1) is 17.1 Å². The van der Waals surface area contributed by atoms with Crippen LogP contribution in [0.3, 0.4) is 0 Å². The molecule has 0 amide bonds. The lowest BCUT2D eigenvalue weighted by atomic mass is 10.1. The molecule has 3 heteroatoms. The Morgan fingerprint density at radius 3 is 2.69 bits per heavy atom. The Kier molecular flexibility index (Phi) is 3.53.